The third kappa shape index (κ3) is 5.22. The summed E-state index contributed by atoms with van der Waals surface area (Å²) in [6.07, 6.45) is 1.98. The van der Waals surface area contributed by atoms with Crippen molar-refractivity contribution < 1.29 is 9.59 Å². The molecule has 0 aliphatic rings. The number of rotatable bonds is 8. The van der Waals surface area contributed by atoms with Crippen molar-refractivity contribution in [2.75, 3.05) is 13.1 Å². The monoisotopic (exact) mass is 320 g/mol. The van der Waals surface area contributed by atoms with Gasteiger partial charge in [-0.2, -0.15) is 0 Å². The lowest BCUT2D eigenvalue weighted by Crippen LogP contribution is -2.34. The first-order valence-electron chi connectivity index (χ1n) is 8.64. The van der Waals surface area contributed by atoms with Gasteiger partial charge in [0, 0.05) is 24.3 Å². The van der Waals surface area contributed by atoms with Gasteiger partial charge < -0.3 is 9.88 Å². The van der Waals surface area contributed by atoms with Gasteiger partial charge in [-0.05, 0) is 51.0 Å². The first kappa shape index (κ1) is 19.5. The van der Waals surface area contributed by atoms with E-state index >= 15 is 0 Å². The Morgan fingerprint density at radius 3 is 1.83 bits per heavy atom. The molecule has 0 fully saturated rings. The summed E-state index contributed by atoms with van der Waals surface area (Å²) >= 11 is 0. The van der Waals surface area contributed by atoms with Gasteiger partial charge in [0.05, 0.1) is 0 Å². The molecule has 1 rings (SSSR count). The Kier molecular flexibility index (Phi) is 7.04. The highest BCUT2D eigenvalue weighted by Crippen LogP contribution is 2.21. The number of carbonyl (C=O) groups is 2. The number of hydrogen-bond acceptors (Lipinski definition) is 2. The molecule has 0 atom stereocenters. The largest absolute Gasteiger partial charge is 0.354 e. The van der Waals surface area contributed by atoms with Crippen LogP contribution in [0.2, 0.25) is 0 Å². The van der Waals surface area contributed by atoms with Crippen LogP contribution in [0.25, 0.3) is 0 Å². The lowest BCUT2D eigenvalue weighted by Gasteiger charge is -2.24. The molecular formula is C19H32N2O2. The first-order valence-corrected chi connectivity index (χ1v) is 8.64. The van der Waals surface area contributed by atoms with Gasteiger partial charge in [-0.1, -0.05) is 27.7 Å². The fraction of sp³-hybridized carbons (Fsp3) is 0.684. The molecule has 0 unspecified atom stereocenters. The zero-order valence-electron chi connectivity index (χ0n) is 15.7. The van der Waals surface area contributed by atoms with Crippen molar-refractivity contribution >= 4 is 11.7 Å². The predicted molar refractivity (Wildman–Crippen MR) is 95.1 cm³/mol. The number of amides is 1. The normalized spacial score (nSPS) is 11.3. The van der Waals surface area contributed by atoms with Crippen molar-refractivity contribution in [2.45, 2.75) is 61.3 Å². The van der Waals surface area contributed by atoms with E-state index in [1.54, 1.807) is 6.92 Å². The summed E-state index contributed by atoms with van der Waals surface area (Å²) in [6, 6.07) is 0. The summed E-state index contributed by atoms with van der Waals surface area (Å²) in [4.78, 5) is 29.8. The zero-order valence-corrected chi connectivity index (χ0v) is 15.7. The SMILES string of the molecule is CC(=O)c1c(C)[nH]c(C(=O)N(CCC(C)C)CCC(C)C)c1C. The maximum absolute atomic E-state index is 13.0. The summed E-state index contributed by atoms with van der Waals surface area (Å²) in [5.74, 6) is 1.14. The van der Waals surface area contributed by atoms with E-state index in [-0.39, 0.29) is 11.7 Å². The summed E-state index contributed by atoms with van der Waals surface area (Å²) < 4.78 is 0. The van der Waals surface area contributed by atoms with Crippen molar-refractivity contribution in [3.8, 4) is 0 Å². The Hall–Kier alpha value is -1.58. The number of hydrogen-bond donors (Lipinski definition) is 1. The minimum Gasteiger partial charge on any atom is -0.354 e. The maximum Gasteiger partial charge on any atom is 0.270 e. The highest BCUT2D eigenvalue weighted by Gasteiger charge is 2.24. The molecule has 0 bridgehead atoms. The summed E-state index contributed by atoms with van der Waals surface area (Å²) in [6.45, 7) is 15.5. The second-order valence-electron chi connectivity index (χ2n) is 7.34. The topological polar surface area (TPSA) is 53.2 Å². The van der Waals surface area contributed by atoms with Crippen LogP contribution in [-0.4, -0.2) is 34.7 Å². The second kappa shape index (κ2) is 8.32. The van der Waals surface area contributed by atoms with Crippen molar-refractivity contribution in [1.82, 2.24) is 9.88 Å². The smallest absolute Gasteiger partial charge is 0.270 e. The summed E-state index contributed by atoms with van der Waals surface area (Å²) in [5.41, 5.74) is 2.78. The Labute approximate surface area is 140 Å². The van der Waals surface area contributed by atoms with E-state index in [1.807, 2.05) is 18.7 Å². The van der Waals surface area contributed by atoms with Crippen LogP contribution in [0.5, 0.6) is 0 Å². The molecule has 0 aromatic carbocycles. The molecule has 1 aromatic heterocycles. The predicted octanol–water partition coefficient (Wildman–Crippen LogP) is 4.37. The van der Waals surface area contributed by atoms with E-state index in [1.165, 1.54) is 0 Å². The van der Waals surface area contributed by atoms with Gasteiger partial charge in [-0.15, -0.1) is 0 Å². The van der Waals surface area contributed by atoms with E-state index in [9.17, 15) is 9.59 Å². The van der Waals surface area contributed by atoms with E-state index in [2.05, 4.69) is 32.7 Å². The quantitative estimate of drug-likeness (QED) is 0.723. The Balaban J connectivity index is 3.03. The summed E-state index contributed by atoms with van der Waals surface area (Å²) in [5, 5.41) is 0. The summed E-state index contributed by atoms with van der Waals surface area (Å²) in [7, 11) is 0. The minimum absolute atomic E-state index is 0.00575. The minimum atomic E-state index is 0.00575. The Morgan fingerprint density at radius 2 is 1.48 bits per heavy atom. The molecule has 1 heterocycles. The third-order valence-electron chi connectivity index (χ3n) is 4.24. The molecular weight excluding hydrogens is 288 g/mol. The average Bonchev–Trinajstić information content (AvgIpc) is 2.72. The maximum atomic E-state index is 13.0. The van der Waals surface area contributed by atoms with E-state index in [0.29, 0.717) is 23.1 Å². The molecule has 1 N–H and O–H groups in total. The molecule has 0 aliphatic carbocycles. The lowest BCUT2D eigenvalue weighted by atomic mass is 10.1. The van der Waals surface area contributed by atoms with Gasteiger partial charge in [-0.25, -0.2) is 0 Å². The Bertz CT molecular complexity index is 544. The second-order valence-corrected chi connectivity index (χ2v) is 7.34. The molecule has 1 aromatic rings. The van der Waals surface area contributed by atoms with Crippen molar-refractivity contribution in [3.05, 3.63) is 22.5 Å². The molecule has 1 amide bonds. The van der Waals surface area contributed by atoms with Crippen LogP contribution in [0.15, 0.2) is 0 Å². The third-order valence-corrected chi connectivity index (χ3v) is 4.24. The molecule has 0 aliphatic heterocycles. The fourth-order valence-corrected chi connectivity index (χ4v) is 2.79. The number of Topliss-reactive ketones (excluding diaryl/α,β-unsaturated/α-hetero) is 1. The number of nitrogens with one attached hydrogen (secondary N) is 1. The van der Waals surface area contributed by atoms with Gasteiger partial charge in [0.2, 0.25) is 0 Å². The molecule has 4 nitrogen and oxygen atoms in total. The van der Waals surface area contributed by atoms with Crippen LogP contribution in [0.4, 0.5) is 0 Å². The molecule has 0 saturated heterocycles. The molecule has 4 heteroatoms. The van der Waals surface area contributed by atoms with Gasteiger partial charge in [-0.3, -0.25) is 9.59 Å². The highest BCUT2D eigenvalue weighted by molar-refractivity contribution is 6.02. The van der Waals surface area contributed by atoms with Crippen LogP contribution in [0.1, 0.15) is 79.6 Å². The zero-order chi connectivity index (χ0) is 17.7. The van der Waals surface area contributed by atoms with Crippen LogP contribution in [0, 0.1) is 25.7 Å². The van der Waals surface area contributed by atoms with Crippen LogP contribution < -0.4 is 0 Å². The van der Waals surface area contributed by atoms with Gasteiger partial charge >= 0.3 is 0 Å². The number of nitrogens with zero attached hydrogens (tertiary/aromatic N) is 1. The number of H-pyrrole nitrogens is 1. The van der Waals surface area contributed by atoms with Crippen LogP contribution >= 0.6 is 0 Å². The molecule has 0 radical (unpaired) electrons. The van der Waals surface area contributed by atoms with Crippen LogP contribution in [0.3, 0.4) is 0 Å². The number of aromatic nitrogens is 1. The van der Waals surface area contributed by atoms with E-state index in [0.717, 1.165) is 37.2 Å². The number of carbonyl (C=O) groups excluding carboxylic acids is 2. The average molecular weight is 320 g/mol. The van der Waals surface area contributed by atoms with Crippen molar-refractivity contribution in [3.63, 3.8) is 0 Å². The molecule has 0 saturated carbocycles. The standard InChI is InChI=1S/C19H32N2O2/c1-12(2)8-10-21(11-9-13(3)4)19(23)18-14(5)17(16(7)22)15(6)20-18/h12-13,20H,8-11H2,1-7H3. The number of aryl methyl sites for hydroxylation is 1. The van der Waals surface area contributed by atoms with E-state index < -0.39 is 0 Å². The lowest BCUT2D eigenvalue weighted by molar-refractivity contribution is 0.0734. The molecule has 130 valence electrons. The van der Waals surface area contributed by atoms with Crippen molar-refractivity contribution in [1.29, 1.82) is 0 Å². The number of ketones is 1. The fourth-order valence-electron chi connectivity index (χ4n) is 2.79. The first-order chi connectivity index (χ1) is 10.6. The van der Waals surface area contributed by atoms with Gasteiger partial charge in [0.15, 0.2) is 5.78 Å². The van der Waals surface area contributed by atoms with Crippen molar-refractivity contribution in [2.24, 2.45) is 11.8 Å². The highest BCUT2D eigenvalue weighted by atomic mass is 16.2. The van der Waals surface area contributed by atoms with E-state index in [4.69, 9.17) is 0 Å². The molecule has 23 heavy (non-hydrogen) atoms. The Morgan fingerprint density at radius 1 is 1.00 bits per heavy atom. The molecule has 0 spiro atoms. The van der Waals surface area contributed by atoms with Crippen LogP contribution in [-0.2, 0) is 0 Å². The number of aromatic amines is 1. The van der Waals surface area contributed by atoms with Gasteiger partial charge in [0.1, 0.15) is 5.69 Å². The van der Waals surface area contributed by atoms with Gasteiger partial charge in [0.25, 0.3) is 5.91 Å².